The van der Waals surface area contributed by atoms with Crippen LogP contribution in [0.3, 0.4) is 0 Å². The Morgan fingerprint density at radius 3 is 1.68 bits per heavy atom. The molecule has 0 unspecified atom stereocenters. The monoisotopic (exact) mass is 629 g/mol. The van der Waals surface area contributed by atoms with Crippen molar-refractivity contribution in [3.63, 3.8) is 0 Å². The lowest BCUT2D eigenvalue weighted by Gasteiger charge is -2.31. The van der Waals surface area contributed by atoms with Gasteiger partial charge in [0.1, 0.15) is 25.8 Å². The molecule has 1 aliphatic rings. The van der Waals surface area contributed by atoms with Crippen molar-refractivity contribution in [2.24, 2.45) is 0 Å². The number of thiophene rings is 2. The summed E-state index contributed by atoms with van der Waals surface area (Å²) in [5.41, 5.74) is 0.771. The van der Waals surface area contributed by atoms with Crippen LogP contribution in [0.4, 0.5) is 0 Å². The minimum Gasteiger partial charge on any atom is -0.193 e. The third-order valence-corrected chi connectivity index (χ3v) is 16.7. The second-order valence-corrected chi connectivity index (χ2v) is 18.2. The summed E-state index contributed by atoms with van der Waals surface area (Å²) in [5, 5.41) is 17.9. The van der Waals surface area contributed by atoms with Gasteiger partial charge in [0, 0.05) is 19.2 Å². The van der Waals surface area contributed by atoms with Crippen LogP contribution in [0.5, 0.6) is 0 Å². The molecule has 3 nitrogen and oxygen atoms in total. The first-order chi connectivity index (χ1) is 21.5. The van der Waals surface area contributed by atoms with Crippen LogP contribution in [0.25, 0.3) is 21.1 Å². The van der Waals surface area contributed by atoms with E-state index < -0.39 is 8.07 Å². The molecule has 5 rings (SSSR count). The predicted molar refractivity (Wildman–Crippen MR) is 188 cm³/mol. The summed E-state index contributed by atoms with van der Waals surface area (Å²) < 4.78 is 4.15. The maximum Gasteiger partial charge on any atom is 0.536 e. The Morgan fingerprint density at radius 1 is 0.705 bits per heavy atom. The van der Waals surface area contributed by atoms with Crippen molar-refractivity contribution >= 4 is 52.5 Å². The van der Waals surface area contributed by atoms with Gasteiger partial charge in [0.25, 0.3) is 0 Å². The summed E-state index contributed by atoms with van der Waals surface area (Å²) in [7, 11) is -2.10. The largest absolute Gasteiger partial charge is 0.536 e. The van der Waals surface area contributed by atoms with Crippen molar-refractivity contribution in [1.82, 2.24) is 0 Å². The van der Waals surface area contributed by atoms with Crippen molar-refractivity contribution < 1.29 is 0 Å². The van der Waals surface area contributed by atoms with E-state index in [1.807, 2.05) is 13.0 Å². The van der Waals surface area contributed by atoms with Gasteiger partial charge in [-0.25, -0.2) is 0 Å². The maximum atomic E-state index is 9.46. The molecule has 222 valence electrons. The molecular formula is C38H39N3S2Si. The Hall–Kier alpha value is -3.73. The van der Waals surface area contributed by atoms with Gasteiger partial charge < -0.3 is 0 Å². The van der Waals surface area contributed by atoms with Crippen LogP contribution in [0.15, 0.2) is 60.7 Å². The van der Waals surface area contributed by atoms with Crippen LogP contribution >= 0.6 is 22.7 Å². The highest BCUT2D eigenvalue weighted by Gasteiger charge is 2.41. The quantitative estimate of drug-likeness (QED) is 0.0987. The standard InChI is InChI=1S/C38H39N3S2Si/c1-6-8-10-12-22-44(23-13-11-9-7-2)36-24-28(33-19-18-32(42-33)27(3)26-39)14-16-30(36)31-17-15-29(25-37(31)44)34-20-21-35(43-34)38(40-4)41-5/h14-21,24-25H,6-13,22-23H2,1-3H3/b32-27+,33-28-,34-29-. The van der Waals surface area contributed by atoms with Crippen LogP contribution in [-0.4, -0.2) is 8.07 Å². The summed E-state index contributed by atoms with van der Waals surface area (Å²) in [6.07, 6.45) is 10.1. The number of unbranched alkanes of at least 4 members (excludes halogenated alkanes) is 6. The Morgan fingerprint density at radius 2 is 1.20 bits per heavy atom. The summed E-state index contributed by atoms with van der Waals surface area (Å²) in [4.78, 5) is 6.90. The topological polar surface area (TPSA) is 32.5 Å². The summed E-state index contributed by atoms with van der Waals surface area (Å²) >= 11 is 3.27. The van der Waals surface area contributed by atoms with E-state index >= 15 is 0 Å². The van der Waals surface area contributed by atoms with E-state index in [9.17, 15) is 5.26 Å². The normalized spacial score (nSPS) is 15.0. The Kier molecular flexibility index (Phi) is 10.3. The Bertz CT molecular complexity index is 2200. The first kappa shape index (κ1) is 31.7. The number of hydrogen-bond acceptors (Lipinski definition) is 3. The highest BCUT2D eigenvalue weighted by Crippen LogP contribution is 2.28. The molecule has 0 atom stereocenters. The molecule has 6 heteroatoms. The first-order valence-corrected chi connectivity index (χ1v) is 19.9. The number of benzene rings is 2. The fraction of sp³-hybridized carbons (Fsp3) is 0.342. The van der Waals surface area contributed by atoms with Crippen molar-refractivity contribution in [3.8, 4) is 6.07 Å². The molecule has 0 N–H and O–H groups in total. The summed E-state index contributed by atoms with van der Waals surface area (Å²) in [6.45, 7) is 21.3. The summed E-state index contributed by atoms with van der Waals surface area (Å²) in [5.74, 6) is 0.150. The first-order valence-electron chi connectivity index (χ1n) is 15.9. The van der Waals surface area contributed by atoms with Crippen molar-refractivity contribution in [1.29, 1.82) is 5.26 Å². The van der Waals surface area contributed by atoms with Crippen LogP contribution in [0.1, 0.15) is 72.1 Å². The van der Waals surface area contributed by atoms with E-state index in [-0.39, 0.29) is 5.82 Å². The average molecular weight is 630 g/mol. The molecule has 4 aromatic rings. The van der Waals surface area contributed by atoms with E-state index in [2.05, 4.69) is 84.2 Å². The van der Waals surface area contributed by atoms with Crippen LogP contribution in [0.2, 0.25) is 12.1 Å². The van der Waals surface area contributed by atoms with Crippen LogP contribution in [-0.2, 0) is 0 Å². The maximum absolute atomic E-state index is 9.46. The van der Waals surface area contributed by atoms with Gasteiger partial charge >= 0.3 is 5.82 Å². The smallest absolute Gasteiger partial charge is 0.193 e. The van der Waals surface area contributed by atoms with Gasteiger partial charge in [-0.2, -0.15) is 15.0 Å². The van der Waals surface area contributed by atoms with E-state index in [1.165, 1.54) is 88.9 Å². The molecule has 0 saturated carbocycles. The van der Waals surface area contributed by atoms with E-state index in [0.29, 0.717) is 0 Å². The molecule has 2 aromatic carbocycles. The molecule has 44 heavy (non-hydrogen) atoms. The lowest BCUT2D eigenvalue weighted by molar-refractivity contribution is 0.684. The molecule has 0 radical (unpaired) electrons. The highest BCUT2D eigenvalue weighted by atomic mass is 32.1. The number of hydrogen-bond donors (Lipinski definition) is 0. The number of nitriles is 1. The SMILES string of the molecule is [C-]#[N+]C([N+]#[C-])=c1cc/c(=c2\ccc3c(c2)[Si](CCCCCC)(CCCCCC)c2c/c(=c4/cc/c(=C(/C)C#N)s4)ccc2=3)s1. The van der Waals surface area contributed by atoms with Crippen molar-refractivity contribution in [2.75, 3.05) is 0 Å². The third kappa shape index (κ3) is 6.24. The minimum atomic E-state index is -2.10. The lowest BCUT2D eigenvalue weighted by Crippen LogP contribution is -2.56. The van der Waals surface area contributed by atoms with Gasteiger partial charge in [-0.1, -0.05) is 102 Å². The summed E-state index contributed by atoms with van der Waals surface area (Å²) in [6, 6.07) is 27.4. The van der Waals surface area contributed by atoms with E-state index in [1.54, 1.807) is 33.0 Å². The molecule has 0 spiro atoms. The van der Waals surface area contributed by atoms with Gasteiger partial charge in [-0.3, -0.25) is 0 Å². The number of fused-ring (bicyclic) bond motifs is 2. The lowest BCUT2D eigenvalue weighted by atomic mass is 10.2. The van der Waals surface area contributed by atoms with Crippen LogP contribution in [0, 0.1) is 54.4 Å². The Balaban J connectivity index is 1.81. The molecule has 0 fully saturated rings. The zero-order valence-electron chi connectivity index (χ0n) is 26.0. The Labute approximate surface area is 269 Å². The van der Waals surface area contributed by atoms with Gasteiger partial charge in [0.05, 0.1) is 6.07 Å². The molecule has 0 saturated heterocycles. The highest BCUT2D eigenvalue weighted by molar-refractivity contribution is 7.08. The predicted octanol–water partition coefficient (Wildman–Crippen LogP) is 8.31. The van der Waals surface area contributed by atoms with Gasteiger partial charge in [-0.15, -0.1) is 22.7 Å². The molecule has 3 heterocycles. The average Bonchev–Trinajstić information content (AvgIpc) is 3.80. The van der Waals surface area contributed by atoms with E-state index in [4.69, 9.17) is 13.1 Å². The fourth-order valence-corrected chi connectivity index (χ4v) is 14.2. The second kappa shape index (κ2) is 14.4. The van der Waals surface area contributed by atoms with E-state index in [0.717, 1.165) is 19.2 Å². The molecule has 2 aromatic heterocycles. The van der Waals surface area contributed by atoms with Gasteiger partial charge in [0.2, 0.25) is 0 Å². The minimum absolute atomic E-state index is 0.150. The fourth-order valence-electron chi connectivity index (χ4n) is 6.67. The zero-order chi connectivity index (χ0) is 31.1. The van der Waals surface area contributed by atoms with Gasteiger partial charge in [-0.05, 0) is 74.5 Å². The number of nitrogens with zero attached hydrogens (tertiary/aromatic N) is 3. The molecule has 0 amide bonds. The van der Waals surface area contributed by atoms with Crippen LogP contribution < -0.4 is 19.4 Å². The van der Waals surface area contributed by atoms with Crippen molar-refractivity contribution in [2.45, 2.75) is 84.2 Å². The second-order valence-electron chi connectivity index (χ2n) is 11.8. The molecule has 1 aliphatic heterocycles. The molecule has 0 bridgehead atoms. The molecular weight excluding hydrogens is 591 g/mol. The van der Waals surface area contributed by atoms with Crippen molar-refractivity contribution in [3.05, 3.63) is 123 Å². The van der Waals surface area contributed by atoms with Gasteiger partial charge in [0.15, 0.2) is 0 Å². The zero-order valence-corrected chi connectivity index (χ0v) is 28.6. The third-order valence-electron chi connectivity index (χ3n) is 9.03. The molecule has 0 aliphatic carbocycles. The number of rotatable bonds is 10.